The molecule has 0 aliphatic heterocycles. The number of hydrogen-bond donors (Lipinski definition) is 4. The molecular weight excluding hydrogens is 426 g/mol. The first-order valence-electron chi connectivity index (χ1n) is 11.4. The van der Waals surface area contributed by atoms with Crippen molar-refractivity contribution in [3.8, 4) is 11.1 Å². The quantitative estimate of drug-likeness (QED) is 0.204. The van der Waals surface area contributed by atoms with Crippen LogP contribution in [0.5, 0.6) is 0 Å². The van der Waals surface area contributed by atoms with Crippen LogP contribution in [0.25, 0.3) is 11.1 Å². The fourth-order valence-electron chi connectivity index (χ4n) is 3.83. The standard InChI is InChI=1S/C28H31N3O3/c1-18(2)23-6-4-5-7-25(23)24-13-12-22(16-19(24)3)28(34)31-27(29)21-10-8-20(9-11-21)17-30-15-14-26(32)33/h4-13,16,18,30H,14-15,17H2,1-3H3,(H,32,33)(H2,29,31,34). The van der Waals surface area contributed by atoms with Crippen LogP contribution in [0.3, 0.4) is 0 Å². The van der Waals surface area contributed by atoms with Gasteiger partial charge in [0.2, 0.25) is 0 Å². The number of amides is 1. The molecule has 0 unspecified atom stereocenters. The summed E-state index contributed by atoms with van der Waals surface area (Å²) in [5, 5.41) is 22.7. The number of carboxylic acid groups (broad SMARTS) is 1. The number of carbonyl (C=O) groups is 2. The predicted octanol–water partition coefficient (Wildman–Crippen LogP) is 5.11. The van der Waals surface area contributed by atoms with Crippen LogP contribution < -0.4 is 10.6 Å². The Morgan fingerprint density at radius 1 is 0.941 bits per heavy atom. The van der Waals surface area contributed by atoms with Gasteiger partial charge in [0.15, 0.2) is 0 Å². The molecule has 34 heavy (non-hydrogen) atoms. The van der Waals surface area contributed by atoms with E-state index >= 15 is 0 Å². The van der Waals surface area contributed by atoms with E-state index in [-0.39, 0.29) is 18.2 Å². The summed E-state index contributed by atoms with van der Waals surface area (Å²) in [6, 6.07) is 21.2. The Morgan fingerprint density at radius 2 is 1.62 bits per heavy atom. The Bertz CT molecular complexity index is 1180. The zero-order chi connectivity index (χ0) is 24.7. The summed E-state index contributed by atoms with van der Waals surface area (Å²) in [4.78, 5) is 23.4. The van der Waals surface area contributed by atoms with Gasteiger partial charge >= 0.3 is 5.97 Å². The van der Waals surface area contributed by atoms with Crippen LogP contribution in [0, 0.1) is 12.3 Å². The van der Waals surface area contributed by atoms with E-state index in [9.17, 15) is 9.59 Å². The molecule has 0 bridgehead atoms. The maximum Gasteiger partial charge on any atom is 0.304 e. The molecule has 176 valence electrons. The monoisotopic (exact) mass is 457 g/mol. The zero-order valence-electron chi connectivity index (χ0n) is 19.8. The Morgan fingerprint density at radius 3 is 2.26 bits per heavy atom. The van der Waals surface area contributed by atoms with Crippen LogP contribution in [0.4, 0.5) is 0 Å². The second-order valence-electron chi connectivity index (χ2n) is 8.62. The van der Waals surface area contributed by atoms with Gasteiger partial charge in [-0.3, -0.25) is 15.0 Å². The molecule has 0 saturated heterocycles. The lowest BCUT2D eigenvalue weighted by Gasteiger charge is -2.15. The molecule has 0 heterocycles. The van der Waals surface area contributed by atoms with Crippen LogP contribution in [-0.4, -0.2) is 29.4 Å². The number of aliphatic carboxylic acids is 1. The van der Waals surface area contributed by atoms with E-state index in [0.717, 1.165) is 16.7 Å². The minimum absolute atomic E-state index is 0.0299. The molecule has 6 heteroatoms. The third-order valence-corrected chi connectivity index (χ3v) is 5.69. The highest BCUT2D eigenvalue weighted by atomic mass is 16.4. The number of amidine groups is 1. The number of rotatable bonds is 9. The highest BCUT2D eigenvalue weighted by Crippen LogP contribution is 2.31. The van der Waals surface area contributed by atoms with E-state index in [2.05, 4.69) is 36.6 Å². The molecule has 0 aliphatic rings. The summed E-state index contributed by atoms with van der Waals surface area (Å²) in [5.74, 6) is -0.735. The molecule has 0 aliphatic carbocycles. The lowest BCUT2D eigenvalue weighted by atomic mass is 9.90. The maximum atomic E-state index is 12.8. The van der Waals surface area contributed by atoms with E-state index in [0.29, 0.717) is 30.1 Å². The van der Waals surface area contributed by atoms with Gasteiger partial charge in [0.1, 0.15) is 5.84 Å². The van der Waals surface area contributed by atoms with E-state index < -0.39 is 5.97 Å². The van der Waals surface area contributed by atoms with E-state index in [1.54, 1.807) is 18.2 Å². The minimum Gasteiger partial charge on any atom is -0.481 e. The lowest BCUT2D eigenvalue weighted by Crippen LogP contribution is -2.30. The van der Waals surface area contributed by atoms with Crippen molar-refractivity contribution in [1.29, 1.82) is 5.41 Å². The van der Waals surface area contributed by atoms with E-state index in [1.165, 1.54) is 11.1 Å². The summed E-state index contributed by atoms with van der Waals surface area (Å²) < 4.78 is 0. The van der Waals surface area contributed by atoms with Crippen molar-refractivity contribution in [3.63, 3.8) is 0 Å². The molecule has 4 N–H and O–H groups in total. The molecule has 3 aromatic carbocycles. The summed E-state index contributed by atoms with van der Waals surface area (Å²) in [6.07, 6.45) is 0.0689. The number of nitrogens with one attached hydrogen (secondary N) is 3. The number of aryl methyl sites for hydroxylation is 1. The number of hydrogen-bond acceptors (Lipinski definition) is 4. The van der Waals surface area contributed by atoms with Crippen molar-refractivity contribution < 1.29 is 14.7 Å². The number of benzene rings is 3. The van der Waals surface area contributed by atoms with E-state index in [4.69, 9.17) is 10.5 Å². The van der Waals surface area contributed by atoms with Gasteiger partial charge in [0.05, 0.1) is 6.42 Å². The second kappa shape index (κ2) is 11.4. The fourth-order valence-corrected chi connectivity index (χ4v) is 3.83. The van der Waals surface area contributed by atoms with Gasteiger partial charge in [0, 0.05) is 24.2 Å². The Kier molecular flexibility index (Phi) is 8.33. The first kappa shape index (κ1) is 24.9. The topological polar surface area (TPSA) is 102 Å². The fraction of sp³-hybridized carbons (Fsp3) is 0.250. The van der Waals surface area contributed by atoms with Crippen molar-refractivity contribution in [3.05, 3.63) is 94.5 Å². The highest BCUT2D eigenvalue weighted by molar-refractivity contribution is 6.11. The molecule has 0 fully saturated rings. The van der Waals surface area contributed by atoms with Gasteiger partial charge in [-0.15, -0.1) is 0 Å². The van der Waals surface area contributed by atoms with Crippen LogP contribution in [-0.2, 0) is 11.3 Å². The van der Waals surface area contributed by atoms with Gasteiger partial charge in [-0.1, -0.05) is 68.4 Å². The minimum atomic E-state index is -0.836. The van der Waals surface area contributed by atoms with Crippen LogP contribution in [0.15, 0.2) is 66.7 Å². The maximum absolute atomic E-state index is 12.8. The molecule has 3 rings (SSSR count). The molecule has 3 aromatic rings. The van der Waals surface area contributed by atoms with Gasteiger partial charge < -0.3 is 15.7 Å². The third-order valence-electron chi connectivity index (χ3n) is 5.69. The Hall–Kier alpha value is -3.77. The number of carboxylic acids is 1. The molecule has 0 radical (unpaired) electrons. The molecule has 1 amide bonds. The smallest absolute Gasteiger partial charge is 0.304 e. The summed E-state index contributed by atoms with van der Waals surface area (Å²) >= 11 is 0. The average molecular weight is 458 g/mol. The first-order valence-corrected chi connectivity index (χ1v) is 11.4. The molecule has 0 spiro atoms. The molecule has 6 nitrogen and oxygen atoms in total. The normalized spacial score (nSPS) is 10.8. The van der Waals surface area contributed by atoms with Crippen molar-refractivity contribution in [2.24, 2.45) is 0 Å². The van der Waals surface area contributed by atoms with Crippen LogP contribution in [0.1, 0.15) is 58.8 Å². The average Bonchev–Trinajstić information content (AvgIpc) is 2.82. The molecular formula is C28H31N3O3. The number of carbonyl (C=O) groups excluding carboxylic acids is 1. The van der Waals surface area contributed by atoms with Crippen molar-refractivity contribution >= 4 is 17.7 Å². The van der Waals surface area contributed by atoms with Gasteiger partial charge in [-0.05, 0) is 52.8 Å². The first-order chi connectivity index (χ1) is 16.3. The van der Waals surface area contributed by atoms with Crippen LogP contribution in [0.2, 0.25) is 0 Å². The third kappa shape index (κ3) is 6.39. The van der Waals surface area contributed by atoms with Crippen molar-refractivity contribution in [1.82, 2.24) is 10.6 Å². The molecule has 0 atom stereocenters. The Balaban J connectivity index is 1.65. The summed E-state index contributed by atoms with van der Waals surface area (Å²) in [7, 11) is 0. The SMILES string of the molecule is Cc1cc(C(=O)NC(=N)c2ccc(CNCCC(=O)O)cc2)ccc1-c1ccccc1C(C)C. The molecule has 0 saturated carbocycles. The lowest BCUT2D eigenvalue weighted by molar-refractivity contribution is -0.136. The van der Waals surface area contributed by atoms with Gasteiger partial charge in [0.25, 0.3) is 5.91 Å². The predicted molar refractivity (Wildman–Crippen MR) is 135 cm³/mol. The van der Waals surface area contributed by atoms with E-state index in [1.807, 2.05) is 43.3 Å². The van der Waals surface area contributed by atoms with Crippen LogP contribution >= 0.6 is 0 Å². The van der Waals surface area contributed by atoms with Crippen molar-refractivity contribution in [2.75, 3.05) is 6.54 Å². The molecule has 0 aromatic heterocycles. The van der Waals surface area contributed by atoms with Gasteiger partial charge in [-0.25, -0.2) is 0 Å². The second-order valence-corrected chi connectivity index (χ2v) is 8.62. The largest absolute Gasteiger partial charge is 0.481 e. The van der Waals surface area contributed by atoms with Crippen molar-refractivity contribution in [2.45, 2.75) is 39.7 Å². The Labute approximate surface area is 200 Å². The summed E-state index contributed by atoms with van der Waals surface area (Å²) in [5.41, 5.74) is 6.63. The highest BCUT2D eigenvalue weighted by Gasteiger charge is 2.14. The summed E-state index contributed by atoms with van der Waals surface area (Å²) in [6.45, 7) is 7.27. The zero-order valence-corrected chi connectivity index (χ0v) is 19.8. The van der Waals surface area contributed by atoms with Gasteiger partial charge in [-0.2, -0.15) is 0 Å².